The largest absolute Gasteiger partial charge is 0.466 e. The SMILES string of the molecule is Cc1ccc2c(c1)NC(=O)C(C)(C(=O)Nc1ccc(Cl)cc1F)O2. The molecule has 1 atom stereocenters. The van der Waals surface area contributed by atoms with E-state index in [9.17, 15) is 14.0 Å². The van der Waals surface area contributed by atoms with Crippen LogP contribution in [0.1, 0.15) is 12.5 Å². The molecular weight excluding hydrogens is 335 g/mol. The number of hydrogen-bond acceptors (Lipinski definition) is 3. The molecule has 0 fully saturated rings. The Bertz CT molecular complexity index is 856. The van der Waals surface area contributed by atoms with Gasteiger partial charge in [0.1, 0.15) is 11.6 Å². The van der Waals surface area contributed by atoms with Gasteiger partial charge < -0.3 is 15.4 Å². The fraction of sp³-hybridized carbons (Fsp3) is 0.176. The van der Waals surface area contributed by atoms with Crippen LogP contribution >= 0.6 is 11.6 Å². The second-order valence-corrected chi connectivity index (χ2v) is 6.10. The van der Waals surface area contributed by atoms with Gasteiger partial charge in [0.25, 0.3) is 17.4 Å². The van der Waals surface area contributed by atoms with Crippen molar-refractivity contribution in [2.45, 2.75) is 19.4 Å². The maximum absolute atomic E-state index is 13.8. The zero-order valence-electron chi connectivity index (χ0n) is 12.9. The summed E-state index contributed by atoms with van der Waals surface area (Å²) in [4.78, 5) is 24.9. The molecule has 5 nitrogen and oxygen atoms in total. The lowest BCUT2D eigenvalue weighted by atomic mass is 10.0. The van der Waals surface area contributed by atoms with Gasteiger partial charge in [-0.2, -0.15) is 0 Å². The zero-order valence-corrected chi connectivity index (χ0v) is 13.7. The zero-order chi connectivity index (χ0) is 17.5. The number of halogens is 2. The van der Waals surface area contributed by atoms with E-state index in [-0.39, 0.29) is 10.7 Å². The molecule has 1 aliphatic heterocycles. The lowest BCUT2D eigenvalue weighted by Gasteiger charge is -2.33. The normalized spacial score (nSPS) is 19.1. The van der Waals surface area contributed by atoms with Crippen molar-refractivity contribution in [3.05, 3.63) is 52.8 Å². The van der Waals surface area contributed by atoms with E-state index in [2.05, 4.69) is 10.6 Å². The van der Waals surface area contributed by atoms with Crippen molar-refractivity contribution in [3.63, 3.8) is 0 Å². The summed E-state index contributed by atoms with van der Waals surface area (Å²) >= 11 is 5.68. The van der Waals surface area contributed by atoms with Gasteiger partial charge in [0, 0.05) is 5.02 Å². The van der Waals surface area contributed by atoms with Crippen LogP contribution in [0.15, 0.2) is 36.4 Å². The van der Waals surface area contributed by atoms with Crippen molar-refractivity contribution in [2.24, 2.45) is 0 Å². The molecule has 1 aliphatic rings. The smallest absolute Gasteiger partial charge is 0.278 e. The molecule has 0 aliphatic carbocycles. The number of carbonyl (C=O) groups excluding carboxylic acids is 2. The van der Waals surface area contributed by atoms with E-state index in [1.54, 1.807) is 18.2 Å². The highest BCUT2D eigenvalue weighted by atomic mass is 35.5. The Labute approximate surface area is 142 Å². The topological polar surface area (TPSA) is 67.4 Å². The van der Waals surface area contributed by atoms with Crippen LogP contribution in [0.5, 0.6) is 5.75 Å². The summed E-state index contributed by atoms with van der Waals surface area (Å²) in [5.74, 6) is -1.75. The van der Waals surface area contributed by atoms with Gasteiger partial charge in [0.05, 0.1) is 11.4 Å². The number of aryl methyl sites for hydroxylation is 1. The predicted octanol–water partition coefficient (Wildman–Crippen LogP) is 3.52. The first kappa shape index (κ1) is 16.3. The molecule has 0 saturated carbocycles. The first-order chi connectivity index (χ1) is 11.3. The minimum Gasteiger partial charge on any atom is -0.466 e. The summed E-state index contributed by atoms with van der Waals surface area (Å²) in [6.45, 7) is 3.20. The fourth-order valence-corrected chi connectivity index (χ4v) is 2.48. The van der Waals surface area contributed by atoms with Crippen LogP contribution < -0.4 is 15.4 Å². The minimum absolute atomic E-state index is 0.0864. The minimum atomic E-state index is -1.83. The fourth-order valence-electron chi connectivity index (χ4n) is 2.32. The summed E-state index contributed by atoms with van der Waals surface area (Å²) in [6.07, 6.45) is 0. The average molecular weight is 349 g/mol. The molecule has 1 heterocycles. The van der Waals surface area contributed by atoms with E-state index >= 15 is 0 Å². The number of fused-ring (bicyclic) bond motifs is 1. The number of ether oxygens (including phenoxy) is 1. The third kappa shape index (κ3) is 2.80. The van der Waals surface area contributed by atoms with E-state index < -0.39 is 23.2 Å². The third-order valence-corrected chi connectivity index (χ3v) is 3.98. The monoisotopic (exact) mass is 348 g/mol. The van der Waals surface area contributed by atoms with Crippen LogP contribution in [-0.2, 0) is 9.59 Å². The highest BCUT2D eigenvalue weighted by Gasteiger charge is 2.47. The molecule has 0 saturated heterocycles. The van der Waals surface area contributed by atoms with Gasteiger partial charge in [-0.05, 0) is 49.7 Å². The summed E-state index contributed by atoms with van der Waals surface area (Å²) < 4.78 is 19.5. The Morgan fingerprint density at radius 1 is 1.29 bits per heavy atom. The predicted molar refractivity (Wildman–Crippen MR) is 88.9 cm³/mol. The summed E-state index contributed by atoms with van der Waals surface area (Å²) in [7, 11) is 0. The number of amides is 2. The van der Waals surface area contributed by atoms with Crippen molar-refractivity contribution in [1.29, 1.82) is 0 Å². The molecule has 2 aromatic carbocycles. The lowest BCUT2D eigenvalue weighted by Crippen LogP contribution is -2.56. The first-order valence-corrected chi connectivity index (χ1v) is 7.55. The number of hydrogen-bond donors (Lipinski definition) is 2. The molecule has 0 radical (unpaired) electrons. The molecule has 0 aromatic heterocycles. The van der Waals surface area contributed by atoms with Crippen LogP contribution in [0.3, 0.4) is 0 Å². The van der Waals surface area contributed by atoms with Gasteiger partial charge in [-0.25, -0.2) is 4.39 Å². The highest BCUT2D eigenvalue weighted by Crippen LogP contribution is 2.35. The lowest BCUT2D eigenvalue weighted by molar-refractivity contribution is -0.143. The van der Waals surface area contributed by atoms with Crippen LogP contribution in [0.2, 0.25) is 5.02 Å². The number of carbonyl (C=O) groups is 2. The molecule has 2 amide bonds. The highest BCUT2D eigenvalue weighted by molar-refractivity contribution is 6.30. The molecule has 0 bridgehead atoms. The summed E-state index contributed by atoms with van der Waals surface area (Å²) in [6, 6.07) is 9.02. The Hall–Kier alpha value is -2.60. The molecule has 7 heteroatoms. The first-order valence-electron chi connectivity index (χ1n) is 7.17. The van der Waals surface area contributed by atoms with E-state index in [1.807, 2.05) is 6.92 Å². The molecule has 2 N–H and O–H groups in total. The molecule has 2 aromatic rings. The number of anilines is 2. The molecule has 24 heavy (non-hydrogen) atoms. The maximum Gasteiger partial charge on any atom is 0.278 e. The molecule has 1 unspecified atom stereocenters. The number of rotatable bonds is 2. The van der Waals surface area contributed by atoms with Crippen molar-refractivity contribution in [1.82, 2.24) is 0 Å². The molecular formula is C17H14ClFN2O3. The third-order valence-electron chi connectivity index (χ3n) is 3.74. The summed E-state index contributed by atoms with van der Waals surface area (Å²) in [5, 5.41) is 5.21. The van der Waals surface area contributed by atoms with Crippen molar-refractivity contribution >= 4 is 34.8 Å². The van der Waals surface area contributed by atoms with Gasteiger partial charge in [0.15, 0.2) is 0 Å². The maximum atomic E-state index is 13.8. The second kappa shape index (κ2) is 5.79. The standard InChI is InChI=1S/C17H14ClFN2O3/c1-9-3-6-14-13(7-9)21-16(23)17(2,24-14)15(22)20-12-5-4-10(18)8-11(12)19/h3-8H,1-2H3,(H,20,22)(H,21,23). The Kier molecular flexibility index (Phi) is 3.93. The molecule has 124 valence electrons. The Morgan fingerprint density at radius 2 is 2.04 bits per heavy atom. The van der Waals surface area contributed by atoms with Gasteiger partial charge in [-0.15, -0.1) is 0 Å². The molecule has 0 spiro atoms. The van der Waals surface area contributed by atoms with E-state index in [4.69, 9.17) is 16.3 Å². The van der Waals surface area contributed by atoms with Crippen LogP contribution in [0.25, 0.3) is 0 Å². The van der Waals surface area contributed by atoms with Crippen LogP contribution in [-0.4, -0.2) is 17.4 Å². The van der Waals surface area contributed by atoms with Crippen LogP contribution in [0.4, 0.5) is 15.8 Å². The molecule has 3 rings (SSSR count). The van der Waals surface area contributed by atoms with Crippen molar-refractivity contribution < 1.29 is 18.7 Å². The Balaban J connectivity index is 1.88. The summed E-state index contributed by atoms with van der Waals surface area (Å²) in [5.41, 5.74) is -0.484. The van der Waals surface area contributed by atoms with Crippen molar-refractivity contribution in [2.75, 3.05) is 10.6 Å². The number of benzene rings is 2. The average Bonchev–Trinajstić information content (AvgIpc) is 2.51. The van der Waals surface area contributed by atoms with Gasteiger partial charge in [-0.1, -0.05) is 17.7 Å². The second-order valence-electron chi connectivity index (χ2n) is 5.67. The van der Waals surface area contributed by atoms with E-state index in [0.29, 0.717) is 11.4 Å². The number of nitrogens with one attached hydrogen (secondary N) is 2. The Morgan fingerprint density at radius 3 is 2.75 bits per heavy atom. The van der Waals surface area contributed by atoms with Gasteiger partial charge in [-0.3, -0.25) is 9.59 Å². The van der Waals surface area contributed by atoms with Crippen LogP contribution in [0, 0.1) is 12.7 Å². The quantitative estimate of drug-likeness (QED) is 0.816. The van der Waals surface area contributed by atoms with Crippen molar-refractivity contribution in [3.8, 4) is 5.75 Å². The van der Waals surface area contributed by atoms with E-state index in [0.717, 1.165) is 11.6 Å². The van der Waals surface area contributed by atoms with Gasteiger partial charge in [0.2, 0.25) is 0 Å². The van der Waals surface area contributed by atoms with E-state index in [1.165, 1.54) is 19.1 Å². The van der Waals surface area contributed by atoms with Gasteiger partial charge >= 0.3 is 0 Å².